The zero-order valence-corrected chi connectivity index (χ0v) is 14.9. The van der Waals surface area contributed by atoms with Crippen molar-refractivity contribution in [3.63, 3.8) is 0 Å². The minimum atomic E-state index is -0.319. The Hall–Kier alpha value is -2.67. The summed E-state index contributed by atoms with van der Waals surface area (Å²) in [5.74, 6) is -0.0754. The van der Waals surface area contributed by atoms with Crippen LogP contribution in [0.25, 0.3) is 0 Å². The molecule has 3 rings (SSSR count). The van der Waals surface area contributed by atoms with Crippen LogP contribution in [0.4, 0.5) is 5.69 Å². The third kappa shape index (κ3) is 4.45. The van der Waals surface area contributed by atoms with Gasteiger partial charge in [0, 0.05) is 5.69 Å². The van der Waals surface area contributed by atoms with Crippen molar-refractivity contribution in [1.82, 2.24) is 20.2 Å². The molecule has 7 heteroatoms. The van der Waals surface area contributed by atoms with E-state index < -0.39 is 0 Å². The molecule has 0 saturated carbocycles. The van der Waals surface area contributed by atoms with Crippen molar-refractivity contribution in [2.45, 2.75) is 30.8 Å². The van der Waals surface area contributed by atoms with Gasteiger partial charge in [-0.15, -0.1) is 5.10 Å². The number of carbonyl (C=O) groups is 1. The van der Waals surface area contributed by atoms with Crippen molar-refractivity contribution in [2.75, 3.05) is 5.32 Å². The molecule has 1 heterocycles. The van der Waals surface area contributed by atoms with Gasteiger partial charge < -0.3 is 5.32 Å². The van der Waals surface area contributed by atoms with Crippen molar-refractivity contribution in [1.29, 1.82) is 0 Å². The molecule has 0 saturated heterocycles. The number of nitrogens with one attached hydrogen (secondary N) is 1. The zero-order chi connectivity index (χ0) is 17.6. The smallest absolute Gasteiger partial charge is 0.237 e. The molecule has 0 radical (unpaired) electrons. The Balaban J connectivity index is 1.65. The number of para-hydroxylation sites is 1. The maximum Gasteiger partial charge on any atom is 0.237 e. The van der Waals surface area contributed by atoms with E-state index in [-0.39, 0.29) is 11.2 Å². The molecule has 1 amide bonds. The van der Waals surface area contributed by atoms with E-state index in [1.807, 2.05) is 68.4 Å². The van der Waals surface area contributed by atoms with E-state index in [4.69, 9.17) is 0 Å². The van der Waals surface area contributed by atoms with Crippen LogP contribution in [0.15, 0.2) is 59.8 Å². The molecule has 1 aromatic heterocycles. The molecule has 0 bridgehead atoms. The van der Waals surface area contributed by atoms with Crippen molar-refractivity contribution in [3.8, 4) is 0 Å². The molecule has 25 heavy (non-hydrogen) atoms. The second-order valence-electron chi connectivity index (χ2n) is 5.67. The number of aromatic nitrogens is 4. The first-order valence-electron chi connectivity index (χ1n) is 7.97. The summed E-state index contributed by atoms with van der Waals surface area (Å²) in [5, 5.41) is 15.1. The first-order valence-corrected chi connectivity index (χ1v) is 8.84. The lowest BCUT2D eigenvalue weighted by Crippen LogP contribution is -2.23. The highest BCUT2D eigenvalue weighted by molar-refractivity contribution is 8.00. The van der Waals surface area contributed by atoms with Crippen molar-refractivity contribution in [2.24, 2.45) is 0 Å². The number of rotatable bonds is 6. The van der Waals surface area contributed by atoms with Gasteiger partial charge in [0.15, 0.2) is 0 Å². The van der Waals surface area contributed by atoms with Crippen LogP contribution >= 0.6 is 11.8 Å². The van der Waals surface area contributed by atoms with Crippen LogP contribution in [0.3, 0.4) is 0 Å². The normalized spacial score (nSPS) is 11.9. The van der Waals surface area contributed by atoms with Gasteiger partial charge >= 0.3 is 0 Å². The van der Waals surface area contributed by atoms with Crippen molar-refractivity contribution < 1.29 is 4.79 Å². The molecule has 3 aromatic rings. The number of tetrazole rings is 1. The number of hydrogen-bond donors (Lipinski definition) is 1. The topological polar surface area (TPSA) is 72.7 Å². The number of hydrogen-bond acceptors (Lipinski definition) is 5. The van der Waals surface area contributed by atoms with Gasteiger partial charge in [-0.3, -0.25) is 4.79 Å². The second kappa shape index (κ2) is 7.94. The Kier molecular flexibility index (Phi) is 5.45. The van der Waals surface area contributed by atoms with Crippen LogP contribution in [0.1, 0.15) is 18.1 Å². The van der Waals surface area contributed by atoms with E-state index in [1.165, 1.54) is 11.8 Å². The summed E-state index contributed by atoms with van der Waals surface area (Å²) in [4.78, 5) is 12.5. The number of anilines is 1. The van der Waals surface area contributed by atoms with E-state index in [9.17, 15) is 4.79 Å². The van der Waals surface area contributed by atoms with E-state index >= 15 is 0 Å². The maximum atomic E-state index is 12.5. The van der Waals surface area contributed by atoms with Crippen LogP contribution < -0.4 is 5.32 Å². The standard InChI is InChI=1S/C18H19N5OS/c1-13-8-6-7-11-16(13)19-17(24)14(2)25-18-20-21-22-23(18)12-15-9-4-3-5-10-15/h3-11,14H,12H2,1-2H3,(H,19,24). The Bertz CT molecular complexity index is 849. The lowest BCUT2D eigenvalue weighted by molar-refractivity contribution is -0.115. The molecular weight excluding hydrogens is 334 g/mol. The largest absolute Gasteiger partial charge is 0.325 e. The fourth-order valence-corrected chi connectivity index (χ4v) is 3.08. The number of amides is 1. The lowest BCUT2D eigenvalue weighted by atomic mass is 10.2. The predicted molar refractivity (Wildman–Crippen MR) is 98.5 cm³/mol. The minimum absolute atomic E-state index is 0.0754. The first-order chi connectivity index (χ1) is 12.1. The number of benzene rings is 2. The van der Waals surface area contributed by atoms with Gasteiger partial charge in [0.2, 0.25) is 11.1 Å². The summed E-state index contributed by atoms with van der Waals surface area (Å²) in [7, 11) is 0. The van der Waals surface area contributed by atoms with Crippen LogP contribution in [-0.2, 0) is 11.3 Å². The third-order valence-electron chi connectivity index (χ3n) is 3.73. The second-order valence-corrected chi connectivity index (χ2v) is 6.98. The molecule has 128 valence electrons. The van der Waals surface area contributed by atoms with E-state index in [0.29, 0.717) is 11.7 Å². The molecule has 1 unspecified atom stereocenters. The van der Waals surface area contributed by atoms with Crippen LogP contribution in [0, 0.1) is 6.92 Å². The minimum Gasteiger partial charge on any atom is -0.325 e. The molecule has 2 aromatic carbocycles. The van der Waals surface area contributed by atoms with Crippen LogP contribution in [0.5, 0.6) is 0 Å². The monoisotopic (exact) mass is 353 g/mol. The van der Waals surface area contributed by atoms with Crippen LogP contribution in [0.2, 0.25) is 0 Å². The fourth-order valence-electron chi connectivity index (χ4n) is 2.30. The average Bonchev–Trinajstić information content (AvgIpc) is 3.04. The first kappa shape index (κ1) is 17.2. The maximum absolute atomic E-state index is 12.5. The molecular formula is C18H19N5OS. The molecule has 1 N–H and O–H groups in total. The summed E-state index contributed by atoms with van der Waals surface area (Å²) in [5.41, 5.74) is 2.96. The van der Waals surface area contributed by atoms with Gasteiger partial charge in [-0.25, -0.2) is 4.68 Å². The fraction of sp³-hybridized carbons (Fsp3) is 0.222. The van der Waals surface area contributed by atoms with E-state index in [0.717, 1.165) is 16.8 Å². The number of carbonyl (C=O) groups excluding carboxylic acids is 1. The number of thioether (sulfide) groups is 1. The molecule has 6 nitrogen and oxygen atoms in total. The lowest BCUT2D eigenvalue weighted by Gasteiger charge is -2.13. The number of aryl methyl sites for hydroxylation is 1. The van der Waals surface area contributed by atoms with Gasteiger partial charge in [-0.2, -0.15) is 0 Å². The quantitative estimate of drug-likeness (QED) is 0.689. The Morgan fingerprint density at radius 2 is 1.88 bits per heavy atom. The molecule has 0 spiro atoms. The third-order valence-corrected chi connectivity index (χ3v) is 4.80. The summed E-state index contributed by atoms with van der Waals surface area (Å²) in [6.45, 7) is 4.38. The Labute approximate surface area is 150 Å². The number of nitrogens with zero attached hydrogens (tertiary/aromatic N) is 4. The van der Waals surface area contributed by atoms with Crippen LogP contribution in [-0.4, -0.2) is 31.4 Å². The van der Waals surface area contributed by atoms with Gasteiger partial charge in [0.05, 0.1) is 11.8 Å². The van der Waals surface area contributed by atoms with E-state index in [2.05, 4.69) is 20.8 Å². The zero-order valence-electron chi connectivity index (χ0n) is 14.1. The molecule has 0 aliphatic rings. The van der Waals surface area contributed by atoms with Crippen molar-refractivity contribution in [3.05, 3.63) is 65.7 Å². The SMILES string of the molecule is Cc1ccccc1NC(=O)C(C)Sc1nnnn1Cc1ccccc1. The highest BCUT2D eigenvalue weighted by Gasteiger charge is 2.19. The highest BCUT2D eigenvalue weighted by atomic mass is 32.2. The van der Waals surface area contributed by atoms with Gasteiger partial charge in [0.25, 0.3) is 0 Å². The van der Waals surface area contributed by atoms with E-state index in [1.54, 1.807) is 4.68 Å². The van der Waals surface area contributed by atoms with Gasteiger partial charge in [0.1, 0.15) is 0 Å². The summed E-state index contributed by atoms with van der Waals surface area (Å²) in [6, 6.07) is 17.7. The summed E-state index contributed by atoms with van der Waals surface area (Å²) < 4.78 is 1.71. The molecule has 0 fully saturated rings. The highest BCUT2D eigenvalue weighted by Crippen LogP contribution is 2.23. The van der Waals surface area contributed by atoms with Gasteiger partial charge in [-0.05, 0) is 41.5 Å². The van der Waals surface area contributed by atoms with Gasteiger partial charge in [-0.1, -0.05) is 60.3 Å². The summed E-state index contributed by atoms with van der Waals surface area (Å²) in [6.07, 6.45) is 0. The Morgan fingerprint density at radius 3 is 2.64 bits per heavy atom. The molecule has 1 atom stereocenters. The predicted octanol–water partition coefficient (Wildman–Crippen LogP) is 3.15. The average molecular weight is 353 g/mol. The molecule has 0 aliphatic carbocycles. The Morgan fingerprint density at radius 1 is 1.16 bits per heavy atom. The molecule has 0 aliphatic heterocycles. The summed E-state index contributed by atoms with van der Waals surface area (Å²) >= 11 is 1.34. The van der Waals surface area contributed by atoms with Crippen molar-refractivity contribution >= 4 is 23.4 Å².